The Kier molecular flexibility index (Phi) is 7.09. The van der Waals surface area contributed by atoms with Gasteiger partial charge >= 0.3 is 0 Å². The summed E-state index contributed by atoms with van der Waals surface area (Å²) in [5.41, 5.74) is 16.2. The van der Waals surface area contributed by atoms with E-state index < -0.39 is 5.41 Å². The molecule has 0 N–H and O–H groups in total. The molecule has 5 heterocycles. The maximum Gasteiger partial charge on any atom is 0.164 e. The predicted molar refractivity (Wildman–Crippen MR) is 242 cm³/mol. The van der Waals surface area contributed by atoms with Gasteiger partial charge in [0.1, 0.15) is 11.3 Å². The SMILES string of the molecule is c1ccc2c(c1)-c1ccccc1C21c2ccccc2-c2ccc(-c3nc(-c4ccc(-n5ccc6cccnc65)cc4)nc(-c4ccc(-n5ccc6cccnc65)cc4)n3)cc21. The summed E-state index contributed by atoms with van der Waals surface area (Å²) >= 11 is 0. The number of rotatable bonds is 5. The van der Waals surface area contributed by atoms with Gasteiger partial charge in [-0.1, -0.05) is 84.9 Å². The fraction of sp³-hybridized carbons (Fsp3) is 0.0185. The molecule has 13 rings (SSSR count). The summed E-state index contributed by atoms with van der Waals surface area (Å²) in [5, 5.41) is 2.18. The molecule has 0 bridgehead atoms. The molecule has 7 heteroatoms. The van der Waals surface area contributed by atoms with E-state index in [4.69, 9.17) is 15.0 Å². The molecule has 1 spiro atoms. The number of pyridine rings is 2. The summed E-state index contributed by atoms with van der Waals surface area (Å²) in [6.07, 6.45) is 7.77. The van der Waals surface area contributed by atoms with Crippen LogP contribution in [0.25, 0.3) is 89.9 Å². The van der Waals surface area contributed by atoms with E-state index in [-0.39, 0.29) is 0 Å². The number of hydrogen-bond donors (Lipinski definition) is 0. The van der Waals surface area contributed by atoms with Crippen molar-refractivity contribution in [1.82, 2.24) is 34.1 Å². The second-order valence-corrected chi connectivity index (χ2v) is 15.8. The third kappa shape index (κ3) is 4.89. The topological polar surface area (TPSA) is 74.3 Å². The van der Waals surface area contributed by atoms with Crippen LogP contribution in [0, 0.1) is 0 Å². The van der Waals surface area contributed by atoms with Crippen molar-refractivity contribution in [3.05, 3.63) is 223 Å². The van der Waals surface area contributed by atoms with E-state index in [2.05, 4.69) is 195 Å². The Balaban J connectivity index is 0.982. The third-order valence-corrected chi connectivity index (χ3v) is 12.6. The first-order valence-electron chi connectivity index (χ1n) is 20.5. The second kappa shape index (κ2) is 12.9. The summed E-state index contributed by atoms with van der Waals surface area (Å²) in [5.74, 6) is 1.81. The Morgan fingerprint density at radius 1 is 0.344 bits per heavy atom. The molecule has 0 atom stereocenters. The highest BCUT2D eigenvalue weighted by Crippen LogP contribution is 2.63. The lowest BCUT2D eigenvalue weighted by molar-refractivity contribution is 0.794. The molecule has 0 saturated carbocycles. The number of benzene rings is 6. The highest BCUT2D eigenvalue weighted by molar-refractivity contribution is 5.96. The van der Waals surface area contributed by atoms with Crippen molar-refractivity contribution in [2.75, 3.05) is 0 Å². The quantitative estimate of drug-likeness (QED) is 0.174. The molecule has 2 aliphatic carbocycles. The molecule has 0 fully saturated rings. The zero-order chi connectivity index (χ0) is 40.1. The number of fused-ring (bicyclic) bond motifs is 12. The molecule has 2 aliphatic rings. The standard InChI is InChI=1S/C54H33N7/c1-4-14-45-41(11-1)42-12-2-5-15-46(42)54(45)47-16-6-3-13-43(47)44-26-21-38(33-48(44)54)51-58-49(34-17-22-39(23-18-34)60-31-27-36-9-7-29-55-52(36)60)57-50(59-51)35-19-24-40(25-20-35)61-32-28-37-10-8-30-56-53(37)61/h1-33H. The van der Waals surface area contributed by atoms with Crippen molar-refractivity contribution in [2.24, 2.45) is 0 Å². The van der Waals surface area contributed by atoms with E-state index in [1.54, 1.807) is 0 Å². The maximum absolute atomic E-state index is 5.26. The van der Waals surface area contributed by atoms with Crippen LogP contribution in [0.15, 0.2) is 201 Å². The molecule has 0 aliphatic heterocycles. The fourth-order valence-corrected chi connectivity index (χ4v) is 9.89. The monoisotopic (exact) mass is 779 g/mol. The second-order valence-electron chi connectivity index (χ2n) is 15.8. The normalized spacial score (nSPS) is 13.0. The summed E-state index contributed by atoms with van der Waals surface area (Å²) in [7, 11) is 0. The van der Waals surface area contributed by atoms with Gasteiger partial charge in [-0.05, 0) is 136 Å². The molecule has 6 aromatic carbocycles. The van der Waals surface area contributed by atoms with Gasteiger partial charge in [0.05, 0.1) is 5.41 Å². The summed E-state index contributed by atoms with van der Waals surface area (Å²) < 4.78 is 4.21. The van der Waals surface area contributed by atoms with Gasteiger partial charge in [-0.15, -0.1) is 0 Å². The lowest BCUT2D eigenvalue weighted by Crippen LogP contribution is -2.25. The van der Waals surface area contributed by atoms with Gasteiger partial charge < -0.3 is 9.13 Å². The lowest BCUT2D eigenvalue weighted by Gasteiger charge is -2.30. The summed E-state index contributed by atoms with van der Waals surface area (Å²) in [6, 6.07) is 62.4. The van der Waals surface area contributed by atoms with Crippen LogP contribution in [0.4, 0.5) is 0 Å². The van der Waals surface area contributed by atoms with Crippen LogP contribution in [-0.2, 0) is 5.41 Å². The molecular weight excluding hydrogens is 747 g/mol. The van der Waals surface area contributed by atoms with E-state index in [9.17, 15) is 0 Å². The molecular formula is C54H33N7. The van der Waals surface area contributed by atoms with Crippen molar-refractivity contribution in [3.63, 3.8) is 0 Å². The average molecular weight is 780 g/mol. The van der Waals surface area contributed by atoms with Crippen LogP contribution in [0.1, 0.15) is 22.3 Å². The van der Waals surface area contributed by atoms with Gasteiger partial charge in [0.25, 0.3) is 0 Å². The minimum Gasteiger partial charge on any atom is -0.301 e. The molecule has 284 valence electrons. The average Bonchev–Trinajstić information content (AvgIpc) is 4.10. The van der Waals surface area contributed by atoms with E-state index in [1.165, 1.54) is 44.5 Å². The van der Waals surface area contributed by atoms with Crippen molar-refractivity contribution >= 4 is 22.1 Å². The van der Waals surface area contributed by atoms with Crippen LogP contribution in [0.3, 0.4) is 0 Å². The van der Waals surface area contributed by atoms with Crippen LogP contribution in [-0.4, -0.2) is 34.1 Å². The minimum atomic E-state index is -0.478. The number of aromatic nitrogens is 7. The highest BCUT2D eigenvalue weighted by atomic mass is 15.0. The molecule has 61 heavy (non-hydrogen) atoms. The molecule has 5 aromatic heterocycles. The first-order chi connectivity index (χ1) is 30.2. The predicted octanol–water partition coefficient (Wildman–Crippen LogP) is 11.9. The Morgan fingerprint density at radius 2 is 0.754 bits per heavy atom. The van der Waals surface area contributed by atoms with Gasteiger partial charge in [-0.25, -0.2) is 24.9 Å². The molecule has 0 unspecified atom stereocenters. The van der Waals surface area contributed by atoms with Crippen molar-refractivity contribution in [3.8, 4) is 67.8 Å². The van der Waals surface area contributed by atoms with Crippen LogP contribution in [0.2, 0.25) is 0 Å². The third-order valence-electron chi connectivity index (χ3n) is 12.6. The molecule has 11 aromatic rings. The van der Waals surface area contributed by atoms with Crippen LogP contribution < -0.4 is 0 Å². The fourth-order valence-electron chi connectivity index (χ4n) is 9.89. The molecule has 0 radical (unpaired) electrons. The van der Waals surface area contributed by atoms with Crippen LogP contribution in [0.5, 0.6) is 0 Å². The molecule has 0 amide bonds. The van der Waals surface area contributed by atoms with E-state index in [1.807, 2.05) is 24.5 Å². The van der Waals surface area contributed by atoms with Gasteiger partial charge in [-0.2, -0.15) is 0 Å². The largest absolute Gasteiger partial charge is 0.301 e. The summed E-state index contributed by atoms with van der Waals surface area (Å²) in [6.45, 7) is 0. The first kappa shape index (κ1) is 33.7. The van der Waals surface area contributed by atoms with Crippen molar-refractivity contribution in [1.29, 1.82) is 0 Å². The molecule has 0 saturated heterocycles. The van der Waals surface area contributed by atoms with Gasteiger partial charge in [0.15, 0.2) is 17.5 Å². The number of nitrogens with zero attached hydrogens (tertiary/aromatic N) is 7. The smallest absolute Gasteiger partial charge is 0.164 e. The van der Waals surface area contributed by atoms with Crippen LogP contribution >= 0.6 is 0 Å². The highest BCUT2D eigenvalue weighted by Gasteiger charge is 2.51. The van der Waals surface area contributed by atoms with Gasteiger partial charge in [0.2, 0.25) is 0 Å². The minimum absolute atomic E-state index is 0.478. The van der Waals surface area contributed by atoms with Crippen molar-refractivity contribution < 1.29 is 0 Å². The van der Waals surface area contributed by atoms with Gasteiger partial charge in [0, 0.05) is 63.6 Å². The molecule has 7 nitrogen and oxygen atoms in total. The first-order valence-corrected chi connectivity index (χ1v) is 20.5. The zero-order valence-electron chi connectivity index (χ0n) is 32.7. The Bertz CT molecular complexity index is 3340. The Hall–Kier alpha value is -8.29. The van der Waals surface area contributed by atoms with E-state index in [0.29, 0.717) is 17.5 Å². The van der Waals surface area contributed by atoms with E-state index in [0.717, 1.165) is 50.1 Å². The number of hydrogen-bond acceptors (Lipinski definition) is 5. The van der Waals surface area contributed by atoms with Crippen molar-refractivity contribution in [2.45, 2.75) is 5.41 Å². The van der Waals surface area contributed by atoms with Gasteiger partial charge in [-0.3, -0.25) is 0 Å². The Labute approximate surface area is 351 Å². The zero-order valence-corrected chi connectivity index (χ0v) is 32.7. The Morgan fingerprint density at radius 3 is 1.23 bits per heavy atom. The lowest BCUT2D eigenvalue weighted by atomic mass is 9.70. The summed E-state index contributed by atoms with van der Waals surface area (Å²) in [4.78, 5) is 25.0. The maximum atomic E-state index is 5.26. The van der Waals surface area contributed by atoms with E-state index >= 15 is 0 Å².